The molecule has 19 heavy (non-hydrogen) atoms. The molecule has 1 N–H and O–H groups in total. The van der Waals surface area contributed by atoms with E-state index in [4.69, 9.17) is 11.6 Å². The van der Waals surface area contributed by atoms with Gasteiger partial charge in [0.2, 0.25) is 0 Å². The Kier molecular flexibility index (Phi) is 4.13. The van der Waals surface area contributed by atoms with Crippen molar-refractivity contribution in [1.29, 1.82) is 5.26 Å². The molecular weight excluding hydrogens is 265 g/mol. The summed E-state index contributed by atoms with van der Waals surface area (Å²) in [6.45, 7) is 2.07. The average molecular weight is 282 g/mol. The van der Waals surface area contributed by atoms with Gasteiger partial charge in [0.1, 0.15) is 11.9 Å². The maximum absolute atomic E-state index is 14.0. The van der Waals surface area contributed by atoms with Crippen molar-refractivity contribution in [3.05, 3.63) is 34.6 Å². The lowest BCUT2D eigenvalue weighted by Gasteiger charge is -2.28. The summed E-state index contributed by atoms with van der Waals surface area (Å²) in [5, 5.41) is 19.9. The maximum Gasteiger partial charge on any atom is 0.147 e. The van der Waals surface area contributed by atoms with Crippen LogP contribution in [-0.4, -0.2) is 5.11 Å². The van der Waals surface area contributed by atoms with Crippen LogP contribution in [0.1, 0.15) is 44.3 Å². The fourth-order valence-corrected chi connectivity index (χ4v) is 3.15. The number of benzene rings is 1. The zero-order chi connectivity index (χ0) is 14.0. The fraction of sp³-hybridized carbons (Fsp3) is 0.533. The van der Waals surface area contributed by atoms with E-state index in [-0.39, 0.29) is 10.6 Å². The Morgan fingerprint density at radius 3 is 2.95 bits per heavy atom. The summed E-state index contributed by atoms with van der Waals surface area (Å²) in [4.78, 5) is 0. The third-order valence-corrected chi connectivity index (χ3v) is 4.54. The standard InChI is InChI=1S/C15H17ClFNO/c1-2-10-6-7-15(8-10,9-18)14(19)11-4-3-5-12(16)13(11)17/h3-5,10,14,19H,2,6-8H2,1H3. The minimum atomic E-state index is -1.12. The molecule has 4 heteroatoms. The molecule has 0 aliphatic heterocycles. The van der Waals surface area contributed by atoms with Gasteiger partial charge in [-0.1, -0.05) is 37.1 Å². The SMILES string of the molecule is CCC1CCC(C#N)(C(O)c2cccc(Cl)c2F)C1. The van der Waals surface area contributed by atoms with E-state index in [9.17, 15) is 14.8 Å². The largest absolute Gasteiger partial charge is 0.387 e. The predicted octanol–water partition coefficient (Wildman–Crippen LogP) is 4.23. The summed E-state index contributed by atoms with van der Waals surface area (Å²) < 4.78 is 14.0. The Balaban J connectivity index is 2.35. The quantitative estimate of drug-likeness (QED) is 0.901. The molecule has 3 unspecified atom stereocenters. The van der Waals surface area contributed by atoms with Crippen molar-refractivity contribution in [1.82, 2.24) is 0 Å². The van der Waals surface area contributed by atoms with Crippen molar-refractivity contribution >= 4 is 11.6 Å². The second-order valence-electron chi connectivity index (χ2n) is 5.33. The van der Waals surface area contributed by atoms with Crippen LogP contribution in [0.2, 0.25) is 5.02 Å². The molecule has 0 aromatic heterocycles. The number of hydrogen-bond acceptors (Lipinski definition) is 2. The molecule has 102 valence electrons. The molecule has 0 heterocycles. The van der Waals surface area contributed by atoms with Crippen molar-refractivity contribution in [2.24, 2.45) is 11.3 Å². The molecule has 0 radical (unpaired) electrons. The molecule has 1 saturated carbocycles. The minimum absolute atomic E-state index is 0.0188. The van der Waals surface area contributed by atoms with E-state index in [1.807, 2.05) is 0 Å². The molecule has 2 nitrogen and oxygen atoms in total. The first-order chi connectivity index (χ1) is 9.04. The number of aliphatic hydroxyl groups is 1. The van der Waals surface area contributed by atoms with Gasteiger partial charge in [0.05, 0.1) is 16.5 Å². The lowest BCUT2D eigenvalue weighted by Crippen LogP contribution is -2.25. The van der Waals surface area contributed by atoms with E-state index < -0.39 is 17.3 Å². The number of hydrogen-bond donors (Lipinski definition) is 1. The van der Waals surface area contributed by atoms with Crippen molar-refractivity contribution in [3.63, 3.8) is 0 Å². The Morgan fingerprint density at radius 1 is 1.63 bits per heavy atom. The topological polar surface area (TPSA) is 44.0 Å². The van der Waals surface area contributed by atoms with Crippen LogP contribution < -0.4 is 0 Å². The van der Waals surface area contributed by atoms with E-state index >= 15 is 0 Å². The van der Waals surface area contributed by atoms with E-state index in [0.29, 0.717) is 18.8 Å². The average Bonchev–Trinajstić information content (AvgIpc) is 2.86. The van der Waals surface area contributed by atoms with Gasteiger partial charge in [-0.25, -0.2) is 4.39 Å². The van der Waals surface area contributed by atoms with Gasteiger partial charge in [0.25, 0.3) is 0 Å². The molecule has 1 aromatic rings. The summed E-state index contributed by atoms with van der Waals surface area (Å²) in [6.07, 6.45) is 1.99. The number of nitriles is 1. The van der Waals surface area contributed by atoms with Gasteiger partial charge in [0.15, 0.2) is 0 Å². The number of nitrogens with zero attached hydrogens (tertiary/aromatic N) is 1. The summed E-state index contributed by atoms with van der Waals surface area (Å²) in [6, 6.07) is 6.77. The van der Waals surface area contributed by atoms with Gasteiger partial charge in [-0.2, -0.15) is 5.26 Å². The van der Waals surface area contributed by atoms with Crippen LogP contribution in [0.15, 0.2) is 18.2 Å². The van der Waals surface area contributed by atoms with Crippen molar-refractivity contribution < 1.29 is 9.50 Å². The number of aliphatic hydroxyl groups excluding tert-OH is 1. The second-order valence-corrected chi connectivity index (χ2v) is 5.74. The van der Waals surface area contributed by atoms with Crippen LogP contribution in [0.4, 0.5) is 4.39 Å². The molecule has 2 rings (SSSR count). The predicted molar refractivity (Wildman–Crippen MR) is 72.0 cm³/mol. The highest BCUT2D eigenvalue weighted by Crippen LogP contribution is 2.51. The lowest BCUT2D eigenvalue weighted by atomic mass is 9.77. The van der Waals surface area contributed by atoms with Crippen molar-refractivity contribution in [2.75, 3.05) is 0 Å². The van der Waals surface area contributed by atoms with Gasteiger partial charge in [-0.3, -0.25) is 0 Å². The molecule has 0 bridgehead atoms. The lowest BCUT2D eigenvalue weighted by molar-refractivity contribution is 0.0609. The minimum Gasteiger partial charge on any atom is -0.387 e. The Hall–Kier alpha value is -1.11. The summed E-state index contributed by atoms with van der Waals surface area (Å²) in [5.74, 6) is -0.192. The highest BCUT2D eigenvalue weighted by atomic mass is 35.5. The highest BCUT2D eigenvalue weighted by molar-refractivity contribution is 6.30. The van der Waals surface area contributed by atoms with Gasteiger partial charge in [-0.05, 0) is 31.2 Å². The Bertz CT molecular complexity index is 513. The summed E-state index contributed by atoms with van der Waals surface area (Å²) in [5.41, 5.74) is -0.752. The van der Waals surface area contributed by atoms with Crippen LogP contribution in [0.25, 0.3) is 0 Å². The Morgan fingerprint density at radius 2 is 2.37 bits per heavy atom. The molecule has 1 aromatic carbocycles. The van der Waals surface area contributed by atoms with Crippen molar-refractivity contribution in [2.45, 2.75) is 38.7 Å². The van der Waals surface area contributed by atoms with Crippen LogP contribution >= 0.6 is 11.6 Å². The highest BCUT2D eigenvalue weighted by Gasteiger charge is 2.46. The van der Waals surface area contributed by atoms with Crippen LogP contribution in [-0.2, 0) is 0 Å². The first-order valence-corrected chi connectivity index (χ1v) is 6.95. The van der Waals surface area contributed by atoms with Gasteiger partial charge in [0, 0.05) is 5.56 Å². The van der Waals surface area contributed by atoms with E-state index in [1.165, 1.54) is 12.1 Å². The summed E-state index contributed by atoms with van der Waals surface area (Å²) in [7, 11) is 0. The second kappa shape index (κ2) is 5.48. The third kappa shape index (κ3) is 2.48. The molecule has 1 fully saturated rings. The molecule has 3 atom stereocenters. The van der Waals surface area contributed by atoms with Crippen LogP contribution in [0.5, 0.6) is 0 Å². The van der Waals surface area contributed by atoms with E-state index in [1.54, 1.807) is 6.07 Å². The molecule has 1 aliphatic carbocycles. The maximum atomic E-state index is 14.0. The van der Waals surface area contributed by atoms with Crippen molar-refractivity contribution in [3.8, 4) is 6.07 Å². The normalized spacial score (nSPS) is 28.1. The Labute approximate surface area is 117 Å². The fourth-order valence-electron chi connectivity index (χ4n) is 2.97. The van der Waals surface area contributed by atoms with Crippen LogP contribution in [0.3, 0.4) is 0 Å². The zero-order valence-corrected chi connectivity index (χ0v) is 11.6. The first kappa shape index (κ1) is 14.3. The van der Waals surface area contributed by atoms with Crippen LogP contribution in [0, 0.1) is 28.5 Å². The van der Waals surface area contributed by atoms with Gasteiger partial charge >= 0.3 is 0 Å². The molecule has 0 spiro atoms. The van der Waals surface area contributed by atoms with E-state index in [0.717, 1.165) is 12.8 Å². The molecule has 1 aliphatic rings. The first-order valence-electron chi connectivity index (χ1n) is 6.57. The number of rotatable bonds is 3. The summed E-state index contributed by atoms with van der Waals surface area (Å²) >= 11 is 5.74. The molecular formula is C15H17ClFNO. The van der Waals surface area contributed by atoms with Gasteiger partial charge < -0.3 is 5.11 Å². The molecule has 0 saturated heterocycles. The molecule has 0 amide bonds. The zero-order valence-electron chi connectivity index (χ0n) is 10.9. The third-order valence-electron chi connectivity index (χ3n) is 4.25. The van der Waals surface area contributed by atoms with Gasteiger partial charge in [-0.15, -0.1) is 0 Å². The monoisotopic (exact) mass is 281 g/mol. The smallest absolute Gasteiger partial charge is 0.147 e. The van der Waals surface area contributed by atoms with E-state index in [2.05, 4.69) is 13.0 Å². The number of halogens is 2.